The minimum absolute atomic E-state index is 0.222. The van der Waals surface area contributed by atoms with E-state index in [0.717, 1.165) is 0 Å². The monoisotopic (exact) mass is 232 g/mol. The van der Waals surface area contributed by atoms with Crippen LogP contribution in [-0.2, 0) is 4.74 Å². The smallest absolute Gasteiger partial charge is 0.100 e. The molecule has 50 valence electrons. The second kappa shape index (κ2) is 5.74. The van der Waals surface area contributed by atoms with E-state index in [0.29, 0.717) is 4.61 Å². The van der Waals surface area contributed by atoms with Gasteiger partial charge in [0.1, 0.15) is 6.10 Å². The molecule has 0 heterocycles. The van der Waals surface area contributed by atoms with E-state index in [1.54, 1.807) is 0 Å². The van der Waals surface area contributed by atoms with Gasteiger partial charge in [-0.25, -0.2) is 0 Å². The van der Waals surface area contributed by atoms with Crippen molar-refractivity contribution in [1.29, 1.82) is 0 Å². The number of aliphatic hydroxyl groups excluding tert-OH is 2. The van der Waals surface area contributed by atoms with Gasteiger partial charge < -0.3 is 14.9 Å². The first-order chi connectivity index (χ1) is 3.81. The third kappa shape index (κ3) is 4.76. The Morgan fingerprint density at radius 1 is 1.62 bits per heavy atom. The SMILES string of the molecule is OCC(O)COCI. The Morgan fingerprint density at radius 3 is 2.62 bits per heavy atom. The van der Waals surface area contributed by atoms with Crippen molar-refractivity contribution in [1.82, 2.24) is 0 Å². The highest BCUT2D eigenvalue weighted by Crippen LogP contribution is 1.86. The molecule has 0 saturated carbocycles. The molecule has 1 atom stereocenters. The van der Waals surface area contributed by atoms with E-state index < -0.39 is 6.10 Å². The maximum atomic E-state index is 8.61. The van der Waals surface area contributed by atoms with Crippen LogP contribution >= 0.6 is 22.6 Å². The lowest BCUT2D eigenvalue weighted by atomic mass is 10.4. The average Bonchev–Trinajstić information content (AvgIpc) is 1.83. The Bertz CT molecular complexity index is 50.5. The fourth-order valence-corrected chi connectivity index (χ4v) is 0.488. The number of alkyl halides is 1. The van der Waals surface area contributed by atoms with Gasteiger partial charge in [0.15, 0.2) is 0 Å². The summed E-state index contributed by atoms with van der Waals surface area (Å²) in [6, 6.07) is 0. The van der Waals surface area contributed by atoms with Crippen molar-refractivity contribution in [2.24, 2.45) is 0 Å². The van der Waals surface area contributed by atoms with Gasteiger partial charge in [-0.05, 0) is 0 Å². The standard InChI is InChI=1S/C4H9IO3/c5-3-8-2-4(7)1-6/h4,6-7H,1-3H2. The highest BCUT2D eigenvalue weighted by Gasteiger charge is 1.98. The third-order valence-electron chi connectivity index (χ3n) is 0.598. The molecule has 4 heteroatoms. The van der Waals surface area contributed by atoms with Gasteiger partial charge in [-0.3, -0.25) is 0 Å². The summed E-state index contributed by atoms with van der Waals surface area (Å²) in [4.78, 5) is 0. The zero-order chi connectivity index (χ0) is 6.41. The first kappa shape index (κ1) is 8.61. The molecule has 0 saturated heterocycles. The topological polar surface area (TPSA) is 49.7 Å². The van der Waals surface area contributed by atoms with Gasteiger partial charge in [0.2, 0.25) is 0 Å². The normalized spacial score (nSPS) is 13.9. The van der Waals surface area contributed by atoms with Crippen molar-refractivity contribution in [3.8, 4) is 0 Å². The van der Waals surface area contributed by atoms with Gasteiger partial charge in [0, 0.05) is 0 Å². The van der Waals surface area contributed by atoms with E-state index >= 15 is 0 Å². The molecular weight excluding hydrogens is 223 g/mol. The summed E-state index contributed by atoms with van der Waals surface area (Å²) >= 11 is 2.02. The predicted octanol–water partition coefficient (Wildman–Crippen LogP) is -0.251. The van der Waals surface area contributed by atoms with Crippen molar-refractivity contribution in [2.75, 3.05) is 17.8 Å². The molecule has 0 aromatic rings. The maximum absolute atomic E-state index is 8.61. The molecule has 0 aliphatic heterocycles. The molecule has 8 heavy (non-hydrogen) atoms. The van der Waals surface area contributed by atoms with E-state index in [9.17, 15) is 0 Å². The summed E-state index contributed by atoms with van der Waals surface area (Å²) in [5.74, 6) is 0. The predicted molar refractivity (Wildman–Crippen MR) is 37.9 cm³/mol. The van der Waals surface area contributed by atoms with Crippen molar-refractivity contribution in [3.05, 3.63) is 0 Å². The van der Waals surface area contributed by atoms with Crippen LogP contribution in [0.4, 0.5) is 0 Å². The van der Waals surface area contributed by atoms with Crippen molar-refractivity contribution < 1.29 is 14.9 Å². The second-order valence-corrected chi connectivity index (χ2v) is 1.94. The van der Waals surface area contributed by atoms with Crippen LogP contribution in [-0.4, -0.2) is 34.1 Å². The van der Waals surface area contributed by atoms with Crippen molar-refractivity contribution in [2.45, 2.75) is 6.10 Å². The fourth-order valence-electron chi connectivity index (χ4n) is 0.233. The molecule has 3 nitrogen and oxygen atoms in total. The molecule has 0 bridgehead atoms. The van der Waals surface area contributed by atoms with E-state index in [4.69, 9.17) is 14.9 Å². The summed E-state index contributed by atoms with van der Waals surface area (Å²) in [5, 5.41) is 16.8. The summed E-state index contributed by atoms with van der Waals surface area (Å²) in [6.07, 6.45) is -0.718. The first-order valence-corrected chi connectivity index (χ1v) is 3.76. The van der Waals surface area contributed by atoms with E-state index in [1.165, 1.54) is 0 Å². The van der Waals surface area contributed by atoms with Crippen molar-refractivity contribution in [3.63, 3.8) is 0 Å². The molecule has 1 unspecified atom stereocenters. The number of halogens is 1. The van der Waals surface area contributed by atoms with Gasteiger partial charge in [-0.2, -0.15) is 0 Å². The lowest BCUT2D eigenvalue weighted by molar-refractivity contribution is 0.0233. The van der Waals surface area contributed by atoms with Crippen LogP contribution < -0.4 is 0 Å². The molecule has 0 radical (unpaired) electrons. The molecule has 0 aliphatic carbocycles. The third-order valence-corrected chi connectivity index (χ3v) is 1.04. The van der Waals surface area contributed by atoms with Crippen LogP contribution in [0.5, 0.6) is 0 Å². The highest BCUT2D eigenvalue weighted by atomic mass is 127. The minimum atomic E-state index is -0.718. The number of rotatable bonds is 4. The molecule has 0 aromatic carbocycles. The summed E-state index contributed by atoms with van der Waals surface area (Å²) in [6.45, 7) is -0.00389. The molecule has 0 fully saturated rings. The number of hydrogen-bond acceptors (Lipinski definition) is 3. The van der Waals surface area contributed by atoms with Crippen LogP contribution in [0.3, 0.4) is 0 Å². The molecule has 0 aliphatic rings. The molecule has 0 amide bonds. The highest BCUT2D eigenvalue weighted by molar-refractivity contribution is 14.1. The first-order valence-electron chi connectivity index (χ1n) is 2.24. The van der Waals surface area contributed by atoms with Crippen molar-refractivity contribution >= 4 is 22.6 Å². The summed E-state index contributed by atoms with van der Waals surface area (Å²) in [5.41, 5.74) is 0. The lowest BCUT2D eigenvalue weighted by Gasteiger charge is -2.03. The van der Waals surface area contributed by atoms with Crippen LogP contribution in [0, 0.1) is 0 Å². The fraction of sp³-hybridized carbons (Fsp3) is 1.00. The van der Waals surface area contributed by atoms with Gasteiger partial charge in [-0.15, -0.1) is 0 Å². The number of hydrogen-bond donors (Lipinski definition) is 2. The molecule has 0 spiro atoms. The number of ether oxygens (including phenoxy) is 1. The van der Waals surface area contributed by atoms with Crippen LogP contribution in [0.25, 0.3) is 0 Å². The van der Waals surface area contributed by atoms with E-state index in [-0.39, 0.29) is 13.2 Å². The zero-order valence-corrected chi connectivity index (χ0v) is 6.54. The Hall–Kier alpha value is 0.610. The summed E-state index contributed by atoms with van der Waals surface area (Å²) in [7, 11) is 0. The van der Waals surface area contributed by atoms with Crippen LogP contribution in [0.2, 0.25) is 0 Å². The lowest BCUT2D eigenvalue weighted by Crippen LogP contribution is -2.18. The van der Waals surface area contributed by atoms with E-state index in [2.05, 4.69) is 0 Å². The van der Waals surface area contributed by atoms with Gasteiger partial charge in [0.05, 0.1) is 17.8 Å². The van der Waals surface area contributed by atoms with Gasteiger partial charge in [-0.1, -0.05) is 22.6 Å². The number of aliphatic hydroxyl groups is 2. The quantitative estimate of drug-likeness (QED) is 0.519. The van der Waals surface area contributed by atoms with E-state index in [1.807, 2.05) is 22.6 Å². The second-order valence-electron chi connectivity index (χ2n) is 1.32. The average molecular weight is 232 g/mol. The maximum Gasteiger partial charge on any atom is 0.100 e. The largest absolute Gasteiger partial charge is 0.394 e. The summed E-state index contributed by atoms with van der Waals surface area (Å²) < 4.78 is 5.31. The Balaban J connectivity index is 2.86. The molecule has 0 rings (SSSR count). The van der Waals surface area contributed by atoms with Crippen LogP contribution in [0.15, 0.2) is 0 Å². The van der Waals surface area contributed by atoms with Gasteiger partial charge >= 0.3 is 0 Å². The van der Waals surface area contributed by atoms with Crippen LogP contribution in [0.1, 0.15) is 0 Å². The molecule has 0 aromatic heterocycles. The van der Waals surface area contributed by atoms with Gasteiger partial charge in [0.25, 0.3) is 0 Å². The minimum Gasteiger partial charge on any atom is -0.394 e. The molecular formula is C4H9IO3. The zero-order valence-electron chi connectivity index (χ0n) is 4.38. The Labute approximate surface area is 61.8 Å². The Morgan fingerprint density at radius 2 is 2.25 bits per heavy atom. The Kier molecular flexibility index (Phi) is 6.18. The molecule has 2 N–H and O–H groups in total.